The first kappa shape index (κ1) is 17.7. The molecule has 142 valence electrons. The van der Waals surface area contributed by atoms with Crippen molar-refractivity contribution in [1.29, 1.82) is 0 Å². The summed E-state index contributed by atoms with van der Waals surface area (Å²) in [6.45, 7) is 0.274. The van der Waals surface area contributed by atoms with Gasteiger partial charge in [0, 0.05) is 13.5 Å². The third-order valence-corrected chi connectivity index (χ3v) is 4.33. The van der Waals surface area contributed by atoms with Crippen molar-refractivity contribution in [3.05, 3.63) is 70.4 Å². The van der Waals surface area contributed by atoms with Gasteiger partial charge in [0.1, 0.15) is 28.9 Å². The molecular weight excluding hydrogens is 365 g/mol. The van der Waals surface area contributed by atoms with Crippen molar-refractivity contribution in [2.75, 3.05) is 6.61 Å². The maximum atomic E-state index is 13.0. The lowest BCUT2D eigenvalue weighted by molar-refractivity contribution is 0.325. The number of fused-ring (bicyclic) bond motifs is 1. The quantitative estimate of drug-likeness (QED) is 0.571. The molecule has 4 aromatic rings. The fourth-order valence-corrected chi connectivity index (χ4v) is 2.90. The highest BCUT2D eigenvalue weighted by Crippen LogP contribution is 2.31. The van der Waals surface area contributed by atoms with Crippen LogP contribution in [0, 0.1) is 5.82 Å². The second-order valence-electron chi connectivity index (χ2n) is 6.17. The van der Waals surface area contributed by atoms with Crippen LogP contribution >= 0.6 is 0 Å². The van der Waals surface area contributed by atoms with E-state index in [1.165, 1.54) is 23.1 Å². The Labute approximate surface area is 158 Å². The first-order valence-electron chi connectivity index (χ1n) is 8.55. The lowest BCUT2D eigenvalue weighted by Gasteiger charge is -2.10. The fourth-order valence-electron chi connectivity index (χ4n) is 2.90. The zero-order chi connectivity index (χ0) is 19.7. The van der Waals surface area contributed by atoms with Crippen LogP contribution in [0.15, 0.2) is 58.0 Å². The lowest BCUT2D eigenvalue weighted by atomic mass is 10.1. The summed E-state index contributed by atoms with van der Waals surface area (Å²) >= 11 is 0. The third kappa shape index (κ3) is 3.20. The number of benzene rings is 2. The molecule has 0 spiro atoms. The van der Waals surface area contributed by atoms with E-state index in [-0.39, 0.29) is 35.0 Å². The molecule has 2 aromatic carbocycles. The number of aromatic hydroxyl groups is 1. The van der Waals surface area contributed by atoms with Crippen LogP contribution < -0.4 is 10.2 Å². The van der Waals surface area contributed by atoms with Gasteiger partial charge in [0.05, 0.1) is 6.61 Å². The molecule has 0 bridgehead atoms. The van der Waals surface area contributed by atoms with Crippen LogP contribution in [-0.4, -0.2) is 26.5 Å². The highest BCUT2D eigenvalue weighted by atomic mass is 19.1. The van der Waals surface area contributed by atoms with Crippen LogP contribution in [0.4, 0.5) is 4.39 Å². The van der Waals surface area contributed by atoms with Crippen molar-refractivity contribution >= 4 is 11.0 Å². The first-order valence-corrected chi connectivity index (χ1v) is 8.55. The normalized spacial score (nSPS) is 11.1. The average Bonchev–Trinajstić information content (AvgIpc) is 3.12. The second kappa shape index (κ2) is 7.15. The van der Waals surface area contributed by atoms with Crippen molar-refractivity contribution < 1.29 is 18.7 Å². The Kier molecular flexibility index (Phi) is 4.52. The molecule has 0 aliphatic rings. The van der Waals surface area contributed by atoms with Gasteiger partial charge in [0.15, 0.2) is 5.82 Å². The Morgan fingerprint density at radius 3 is 2.71 bits per heavy atom. The van der Waals surface area contributed by atoms with E-state index in [1.54, 1.807) is 37.4 Å². The van der Waals surface area contributed by atoms with Crippen LogP contribution in [0.3, 0.4) is 0 Å². The molecule has 2 aromatic heterocycles. The van der Waals surface area contributed by atoms with E-state index in [0.29, 0.717) is 12.2 Å². The third-order valence-electron chi connectivity index (χ3n) is 4.33. The zero-order valence-corrected chi connectivity index (χ0v) is 14.9. The van der Waals surface area contributed by atoms with Gasteiger partial charge in [0.2, 0.25) is 16.9 Å². The van der Waals surface area contributed by atoms with Gasteiger partial charge < -0.3 is 14.3 Å². The van der Waals surface area contributed by atoms with E-state index in [0.717, 1.165) is 5.56 Å². The highest BCUT2D eigenvalue weighted by Gasteiger charge is 2.21. The summed E-state index contributed by atoms with van der Waals surface area (Å²) in [6.07, 6.45) is 1.83. The van der Waals surface area contributed by atoms with Gasteiger partial charge in [-0.2, -0.15) is 5.10 Å². The summed E-state index contributed by atoms with van der Waals surface area (Å²) in [5, 5.41) is 14.4. The molecule has 0 saturated heterocycles. The number of hydrogen-bond donors (Lipinski definition) is 1. The van der Waals surface area contributed by atoms with Crippen LogP contribution in [0.2, 0.25) is 0 Å². The lowest BCUT2D eigenvalue weighted by Crippen LogP contribution is -2.08. The standard InChI is InChI=1S/C20H16FN3O4/c1-24-20(22-11-23-24)19-18(26)17(25)16-14(3-2-4-15(16)28-19)27-10-9-12-5-7-13(21)8-6-12/h2-8,11,26H,9-10H2,1H3. The van der Waals surface area contributed by atoms with Gasteiger partial charge in [0.25, 0.3) is 0 Å². The molecule has 0 saturated carbocycles. The molecule has 0 amide bonds. The Hall–Kier alpha value is -3.68. The smallest absolute Gasteiger partial charge is 0.238 e. The van der Waals surface area contributed by atoms with Crippen LogP contribution in [0.5, 0.6) is 11.5 Å². The molecule has 4 rings (SSSR count). The van der Waals surface area contributed by atoms with Crippen molar-refractivity contribution in [2.24, 2.45) is 7.05 Å². The summed E-state index contributed by atoms with van der Waals surface area (Å²) in [5.41, 5.74) is 0.554. The Balaban J connectivity index is 1.66. The van der Waals surface area contributed by atoms with Crippen molar-refractivity contribution in [2.45, 2.75) is 6.42 Å². The van der Waals surface area contributed by atoms with Crippen LogP contribution in [-0.2, 0) is 13.5 Å². The van der Waals surface area contributed by atoms with E-state index in [2.05, 4.69) is 10.1 Å². The van der Waals surface area contributed by atoms with Crippen LogP contribution in [0.1, 0.15) is 5.56 Å². The minimum atomic E-state index is -0.614. The van der Waals surface area contributed by atoms with E-state index in [4.69, 9.17) is 9.15 Å². The van der Waals surface area contributed by atoms with E-state index in [1.807, 2.05) is 0 Å². The number of aryl methyl sites for hydroxylation is 1. The molecule has 0 fully saturated rings. The predicted molar refractivity (Wildman–Crippen MR) is 99.7 cm³/mol. The Morgan fingerprint density at radius 2 is 2.00 bits per heavy atom. The molecule has 0 atom stereocenters. The molecule has 2 heterocycles. The average molecular weight is 381 g/mol. The number of ether oxygens (including phenoxy) is 1. The predicted octanol–water partition coefficient (Wildman–Crippen LogP) is 3.05. The van der Waals surface area contributed by atoms with Crippen molar-refractivity contribution in [3.8, 4) is 23.1 Å². The fraction of sp³-hybridized carbons (Fsp3) is 0.150. The van der Waals surface area contributed by atoms with Gasteiger partial charge >= 0.3 is 0 Å². The molecule has 0 radical (unpaired) electrons. The van der Waals surface area contributed by atoms with Gasteiger partial charge in [-0.25, -0.2) is 14.1 Å². The Morgan fingerprint density at radius 1 is 1.21 bits per heavy atom. The maximum absolute atomic E-state index is 13.0. The molecular formula is C20H16FN3O4. The van der Waals surface area contributed by atoms with E-state index >= 15 is 0 Å². The molecule has 1 N–H and O–H groups in total. The first-order chi connectivity index (χ1) is 13.5. The largest absolute Gasteiger partial charge is 0.501 e. The van der Waals surface area contributed by atoms with Crippen molar-refractivity contribution in [3.63, 3.8) is 0 Å². The number of halogens is 1. The monoisotopic (exact) mass is 381 g/mol. The van der Waals surface area contributed by atoms with E-state index in [9.17, 15) is 14.3 Å². The number of rotatable bonds is 5. The minimum absolute atomic E-state index is 0.0547. The maximum Gasteiger partial charge on any atom is 0.238 e. The van der Waals surface area contributed by atoms with Crippen molar-refractivity contribution in [1.82, 2.24) is 14.8 Å². The summed E-state index contributed by atoms with van der Waals surface area (Å²) < 4.78 is 25.8. The van der Waals surface area contributed by atoms with Gasteiger partial charge in [-0.15, -0.1) is 0 Å². The Bertz CT molecular complexity index is 1200. The topological polar surface area (TPSA) is 90.4 Å². The molecule has 28 heavy (non-hydrogen) atoms. The van der Waals surface area contributed by atoms with Gasteiger partial charge in [-0.3, -0.25) is 4.79 Å². The molecule has 0 unspecified atom stereocenters. The van der Waals surface area contributed by atoms with Gasteiger partial charge in [-0.05, 0) is 29.8 Å². The van der Waals surface area contributed by atoms with Crippen LogP contribution in [0.25, 0.3) is 22.6 Å². The molecule has 7 nitrogen and oxygen atoms in total. The number of hydrogen-bond acceptors (Lipinski definition) is 6. The number of aromatic nitrogens is 3. The summed E-state index contributed by atoms with van der Waals surface area (Å²) in [4.78, 5) is 16.8. The second-order valence-corrected chi connectivity index (χ2v) is 6.17. The summed E-state index contributed by atoms with van der Waals surface area (Å²) in [6, 6.07) is 11.1. The zero-order valence-electron chi connectivity index (χ0n) is 14.9. The minimum Gasteiger partial charge on any atom is -0.501 e. The number of nitrogens with zero attached hydrogens (tertiary/aromatic N) is 3. The SMILES string of the molecule is Cn1ncnc1-c1oc2cccc(OCCc3ccc(F)cc3)c2c(=O)c1O. The molecule has 8 heteroatoms. The highest BCUT2D eigenvalue weighted by molar-refractivity contribution is 5.86. The summed E-state index contributed by atoms with van der Waals surface area (Å²) in [5.74, 6) is -0.378. The van der Waals surface area contributed by atoms with Gasteiger partial charge in [-0.1, -0.05) is 18.2 Å². The van der Waals surface area contributed by atoms with E-state index < -0.39 is 11.2 Å². The molecule has 0 aliphatic carbocycles. The molecule has 0 aliphatic heterocycles. The summed E-state index contributed by atoms with van der Waals surface area (Å²) in [7, 11) is 1.63.